The molecule has 0 saturated carbocycles. The summed E-state index contributed by atoms with van der Waals surface area (Å²) in [6.45, 7) is 10.6. The first-order valence-electron chi connectivity index (χ1n) is 6.43. The molecule has 0 aromatic heterocycles. The minimum atomic E-state index is -1.02. The summed E-state index contributed by atoms with van der Waals surface area (Å²) >= 11 is 0. The van der Waals surface area contributed by atoms with Crippen LogP contribution in [0.5, 0.6) is 0 Å². The normalized spacial score (nSPS) is 13.6. The molecule has 0 bridgehead atoms. The van der Waals surface area contributed by atoms with E-state index in [0.29, 0.717) is 0 Å². The number of aliphatic hydroxyl groups excluding tert-OH is 1. The molecule has 7 nitrogen and oxygen atoms in total. The predicted octanol–water partition coefficient (Wildman–Crippen LogP) is 1.48. The van der Waals surface area contributed by atoms with Gasteiger partial charge < -0.3 is 20.3 Å². The molecule has 0 aliphatic carbocycles. The zero-order chi connectivity index (χ0) is 16.1. The largest absolute Gasteiger partial charge is 0.445 e. The van der Waals surface area contributed by atoms with Gasteiger partial charge in [-0.1, -0.05) is 0 Å². The summed E-state index contributed by atoms with van der Waals surface area (Å²) in [5, 5.41) is 9.01. The molecule has 0 heterocycles. The average molecular weight is 290 g/mol. The van der Waals surface area contributed by atoms with Gasteiger partial charge in [0.05, 0.1) is 6.61 Å². The Balaban J connectivity index is 4.75. The number of aliphatic hydroxyl groups is 1. The van der Waals surface area contributed by atoms with Gasteiger partial charge in [-0.3, -0.25) is 4.90 Å². The molecule has 20 heavy (non-hydrogen) atoms. The molecule has 0 radical (unpaired) electrons. The van der Waals surface area contributed by atoms with Crippen LogP contribution in [-0.2, 0) is 9.47 Å². The number of carbonyl (C=O) groups is 2. The fourth-order valence-corrected chi connectivity index (χ4v) is 2.07. The zero-order valence-electron chi connectivity index (χ0n) is 13.1. The SMILES string of the molecule is CC(C)(C)N(C(=O)OC[C@H](CO)OC(N)=O)C(C)(C)C. The molecular formula is C13H26N2O5. The van der Waals surface area contributed by atoms with Crippen LogP contribution in [0.25, 0.3) is 0 Å². The topological polar surface area (TPSA) is 102 Å². The first-order chi connectivity index (χ1) is 8.89. The standard InChI is InChI=1S/C13H26N2O5/c1-12(2,3)15(13(4,5)6)11(18)19-8-9(7-16)20-10(14)17/h9,16H,7-8H2,1-6H3,(H2,14,17)/t9-/m0/s1. The lowest BCUT2D eigenvalue weighted by molar-refractivity contribution is -0.0164. The Morgan fingerprint density at radius 1 is 1.15 bits per heavy atom. The summed E-state index contributed by atoms with van der Waals surface area (Å²) in [7, 11) is 0. The Hall–Kier alpha value is -1.50. The van der Waals surface area contributed by atoms with Crippen LogP contribution in [0.3, 0.4) is 0 Å². The van der Waals surface area contributed by atoms with Gasteiger partial charge in [0.2, 0.25) is 0 Å². The van der Waals surface area contributed by atoms with Gasteiger partial charge in [-0.15, -0.1) is 0 Å². The highest BCUT2D eigenvalue weighted by Crippen LogP contribution is 2.25. The number of hydrogen-bond acceptors (Lipinski definition) is 5. The molecule has 2 amide bonds. The quantitative estimate of drug-likeness (QED) is 0.816. The monoisotopic (exact) mass is 290 g/mol. The minimum absolute atomic E-state index is 0.249. The third-order valence-corrected chi connectivity index (χ3v) is 2.40. The summed E-state index contributed by atoms with van der Waals surface area (Å²) in [5.74, 6) is 0. The van der Waals surface area contributed by atoms with Gasteiger partial charge in [0.15, 0.2) is 6.10 Å². The number of rotatable bonds is 4. The molecule has 0 spiro atoms. The highest BCUT2D eigenvalue weighted by molar-refractivity contribution is 5.69. The van der Waals surface area contributed by atoms with E-state index in [2.05, 4.69) is 4.74 Å². The van der Waals surface area contributed by atoms with Crippen LogP contribution in [0, 0.1) is 0 Å². The maximum absolute atomic E-state index is 12.2. The minimum Gasteiger partial charge on any atom is -0.445 e. The van der Waals surface area contributed by atoms with Crippen LogP contribution < -0.4 is 5.73 Å². The van der Waals surface area contributed by atoms with Crippen molar-refractivity contribution in [1.29, 1.82) is 0 Å². The number of ether oxygens (including phenoxy) is 2. The summed E-state index contributed by atoms with van der Waals surface area (Å²) in [6, 6.07) is 0. The number of nitrogens with zero attached hydrogens (tertiary/aromatic N) is 1. The summed E-state index contributed by atoms with van der Waals surface area (Å²) in [4.78, 5) is 24.4. The molecule has 0 aliphatic heterocycles. The second kappa shape index (κ2) is 6.78. The molecule has 0 fully saturated rings. The van der Waals surface area contributed by atoms with E-state index in [1.165, 1.54) is 0 Å². The summed E-state index contributed by atoms with van der Waals surface area (Å²) in [6.07, 6.45) is -2.53. The average Bonchev–Trinajstić information content (AvgIpc) is 2.19. The van der Waals surface area contributed by atoms with E-state index in [-0.39, 0.29) is 6.61 Å². The van der Waals surface area contributed by atoms with E-state index >= 15 is 0 Å². The molecule has 0 rings (SSSR count). The van der Waals surface area contributed by atoms with Crippen molar-refractivity contribution in [3.63, 3.8) is 0 Å². The van der Waals surface area contributed by atoms with E-state index in [4.69, 9.17) is 15.6 Å². The molecule has 0 aromatic carbocycles. The van der Waals surface area contributed by atoms with Gasteiger partial charge in [0.25, 0.3) is 0 Å². The van der Waals surface area contributed by atoms with E-state index in [1.54, 1.807) is 4.90 Å². The number of nitrogens with two attached hydrogens (primary N) is 1. The highest BCUT2D eigenvalue weighted by atomic mass is 16.6. The van der Waals surface area contributed by atoms with Crippen molar-refractivity contribution in [1.82, 2.24) is 4.90 Å². The van der Waals surface area contributed by atoms with Gasteiger partial charge in [0, 0.05) is 11.1 Å². The van der Waals surface area contributed by atoms with E-state index in [1.807, 2.05) is 41.5 Å². The first kappa shape index (κ1) is 18.5. The molecule has 3 N–H and O–H groups in total. The molecule has 0 aliphatic rings. The van der Waals surface area contributed by atoms with Crippen LogP contribution in [-0.4, -0.2) is 52.6 Å². The van der Waals surface area contributed by atoms with Crippen molar-refractivity contribution in [3.8, 4) is 0 Å². The third kappa shape index (κ3) is 6.10. The lowest BCUT2D eigenvalue weighted by Crippen LogP contribution is -2.56. The summed E-state index contributed by atoms with van der Waals surface area (Å²) < 4.78 is 9.70. The van der Waals surface area contributed by atoms with Crippen LogP contribution in [0.1, 0.15) is 41.5 Å². The van der Waals surface area contributed by atoms with Crippen molar-refractivity contribution < 1.29 is 24.2 Å². The van der Waals surface area contributed by atoms with Crippen LogP contribution in [0.4, 0.5) is 9.59 Å². The third-order valence-electron chi connectivity index (χ3n) is 2.40. The second-order valence-corrected chi connectivity index (χ2v) is 6.50. The van der Waals surface area contributed by atoms with E-state index < -0.39 is 36.0 Å². The molecule has 118 valence electrons. The van der Waals surface area contributed by atoms with Gasteiger partial charge in [-0.05, 0) is 41.5 Å². The van der Waals surface area contributed by atoms with Crippen molar-refractivity contribution in [2.75, 3.05) is 13.2 Å². The van der Waals surface area contributed by atoms with Crippen molar-refractivity contribution >= 4 is 12.2 Å². The molecule has 7 heteroatoms. The molecular weight excluding hydrogens is 264 g/mol. The Labute approximate surface area is 120 Å². The number of primary amides is 1. The van der Waals surface area contributed by atoms with Crippen LogP contribution in [0.15, 0.2) is 0 Å². The van der Waals surface area contributed by atoms with Crippen molar-refractivity contribution in [2.24, 2.45) is 5.73 Å². The Morgan fingerprint density at radius 2 is 1.60 bits per heavy atom. The van der Waals surface area contributed by atoms with E-state index in [0.717, 1.165) is 0 Å². The molecule has 0 saturated heterocycles. The fourth-order valence-electron chi connectivity index (χ4n) is 2.07. The summed E-state index contributed by atoms with van der Waals surface area (Å²) in [5.41, 5.74) is 3.98. The van der Waals surface area contributed by atoms with E-state index in [9.17, 15) is 9.59 Å². The number of hydrogen-bond donors (Lipinski definition) is 2. The predicted molar refractivity (Wildman–Crippen MR) is 74.2 cm³/mol. The van der Waals surface area contributed by atoms with Gasteiger partial charge >= 0.3 is 12.2 Å². The molecule has 0 aromatic rings. The van der Waals surface area contributed by atoms with Gasteiger partial charge in [-0.25, -0.2) is 9.59 Å². The Kier molecular flexibility index (Phi) is 6.28. The maximum atomic E-state index is 12.2. The van der Waals surface area contributed by atoms with Crippen molar-refractivity contribution in [3.05, 3.63) is 0 Å². The lowest BCUT2D eigenvalue weighted by atomic mass is 9.97. The highest BCUT2D eigenvalue weighted by Gasteiger charge is 2.37. The fraction of sp³-hybridized carbons (Fsp3) is 0.846. The lowest BCUT2D eigenvalue weighted by Gasteiger charge is -2.44. The zero-order valence-corrected chi connectivity index (χ0v) is 13.1. The van der Waals surface area contributed by atoms with Gasteiger partial charge in [0.1, 0.15) is 6.61 Å². The maximum Gasteiger partial charge on any atom is 0.410 e. The van der Waals surface area contributed by atoms with Crippen molar-refractivity contribution in [2.45, 2.75) is 58.7 Å². The molecule has 0 unspecified atom stereocenters. The smallest absolute Gasteiger partial charge is 0.410 e. The molecule has 1 atom stereocenters. The number of carbonyl (C=O) groups excluding carboxylic acids is 2. The van der Waals surface area contributed by atoms with Crippen LogP contribution >= 0.6 is 0 Å². The second-order valence-electron chi connectivity index (χ2n) is 6.50. The number of amides is 2. The Morgan fingerprint density at radius 3 is 1.90 bits per heavy atom. The van der Waals surface area contributed by atoms with Crippen LogP contribution in [0.2, 0.25) is 0 Å². The Bertz CT molecular complexity index is 330. The van der Waals surface area contributed by atoms with Gasteiger partial charge in [-0.2, -0.15) is 0 Å². The first-order valence-corrected chi connectivity index (χ1v) is 6.43.